The van der Waals surface area contributed by atoms with Gasteiger partial charge in [-0.05, 0) is 487 Å². The number of fused-ring (bicyclic) bond motifs is 25. The lowest BCUT2D eigenvalue weighted by Crippen LogP contribution is -2.50. The van der Waals surface area contributed by atoms with Crippen LogP contribution in [0.4, 0.5) is 0 Å². The third-order valence-corrected chi connectivity index (χ3v) is 40.0. The minimum absolute atomic E-state index is 0.0883. The number of rotatable bonds is 7. The van der Waals surface area contributed by atoms with Gasteiger partial charge in [-0.1, -0.05) is 121 Å². The van der Waals surface area contributed by atoms with Crippen molar-refractivity contribution >= 4 is 11.1 Å². The Bertz CT molecular complexity index is 5490. The number of terminal acetylenes is 3. The Morgan fingerprint density at radius 3 is 1.04 bits per heavy atom. The van der Waals surface area contributed by atoms with E-state index in [-0.39, 0.29) is 44.7 Å². The van der Waals surface area contributed by atoms with E-state index in [1.807, 2.05) is 54.6 Å². The Morgan fingerprint density at radius 2 is 0.669 bits per heavy atom. The molecule has 0 heterocycles. The van der Waals surface area contributed by atoms with E-state index in [0.29, 0.717) is 106 Å². The van der Waals surface area contributed by atoms with Crippen LogP contribution in [0.3, 0.4) is 0 Å². The molecule has 11 saturated carbocycles. The number of allylic oxidation sites excluding steroid dienone is 2. The lowest BCUT2D eigenvalue weighted by Gasteiger charge is -2.52. The molecule has 23 rings (SSSR count). The van der Waals surface area contributed by atoms with Crippen molar-refractivity contribution in [3.05, 3.63) is 206 Å². The van der Waals surface area contributed by atoms with Gasteiger partial charge in [-0.25, -0.2) is 0 Å². The average molecular weight is 1800 g/mol. The maximum absolute atomic E-state index is 11.1. The zero-order valence-corrected chi connectivity index (χ0v) is 80.5. The van der Waals surface area contributed by atoms with Crippen molar-refractivity contribution in [3.8, 4) is 77.3 Å². The number of methoxy groups -OCH3 is 1. The van der Waals surface area contributed by atoms with Crippen molar-refractivity contribution in [1.82, 2.24) is 0 Å². The summed E-state index contributed by atoms with van der Waals surface area (Å²) < 4.78 is 11.6. The Hall–Kier alpha value is -8.68. The minimum Gasteiger partial charge on any atom is -0.508 e. The highest BCUT2D eigenvalue weighted by Crippen LogP contribution is 2.70. The summed E-state index contributed by atoms with van der Waals surface area (Å²) in [5, 5.41) is 112. The fourth-order valence-corrected chi connectivity index (χ4v) is 32.5. The Balaban J connectivity index is 0.000000107. The summed E-state index contributed by atoms with van der Waals surface area (Å²) >= 11 is 0. The Labute approximate surface area is 792 Å². The van der Waals surface area contributed by atoms with Gasteiger partial charge < -0.3 is 65.6 Å². The number of aryl methyl sites for hydroxylation is 5. The molecule has 133 heavy (non-hydrogen) atoms. The number of hydrogen-bond acceptors (Lipinski definition) is 13. The fourth-order valence-electron chi connectivity index (χ4n) is 32.5. The van der Waals surface area contributed by atoms with Gasteiger partial charge in [-0.3, -0.25) is 0 Å². The van der Waals surface area contributed by atoms with Crippen LogP contribution in [0.15, 0.2) is 140 Å². The van der Waals surface area contributed by atoms with E-state index in [1.165, 1.54) is 119 Å². The van der Waals surface area contributed by atoms with Crippen molar-refractivity contribution in [2.45, 2.75) is 344 Å². The number of benzene rings is 7. The molecule has 7 aromatic carbocycles. The van der Waals surface area contributed by atoms with E-state index in [4.69, 9.17) is 28.7 Å². The average Bonchev–Trinajstić information content (AvgIpc) is 1.56. The van der Waals surface area contributed by atoms with Gasteiger partial charge in [0.25, 0.3) is 0 Å². The number of aromatic hydroxyl groups is 5. The molecule has 0 saturated heterocycles. The zero-order chi connectivity index (χ0) is 93.6. The summed E-state index contributed by atoms with van der Waals surface area (Å²) in [7, 11) is 1.73. The molecule has 0 radical (unpaired) electrons. The maximum atomic E-state index is 11.1. The number of phenolic OH excluding ortho intramolecular Hbond substituents is 5. The number of phenols is 5. The number of hydrogen-bond donors (Lipinski definition) is 11. The van der Waals surface area contributed by atoms with E-state index < -0.39 is 29.0 Å². The topological polar surface area (TPSA) is 241 Å². The van der Waals surface area contributed by atoms with Crippen LogP contribution in [-0.4, -0.2) is 105 Å². The van der Waals surface area contributed by atoms with E-state index >= 15 is 0 Å². The van der Waals surface area contributed by atoms with Gasteiger partial charge >= 0.3 is 0 Å². The summed E-state index contributed by atoms with van der Waals surface area (Å²) in [6.07, 6.45) is 53.9. The van der Waals surface area contributed by atoms with Crippen molar-refractivity contribution in [1.29, 1.82) is 0 Å². The van der Waals surface area contributed by atoms with Crippen LogP contribution >= 0.6 is 0 Å². The molecule has 0 aliphatic heterocycles. The molecule has 0 amide bonds. The van der Waals surface area contributed by atoms with Crippen LogP contribution < -0.4 is 9.47 Å². The Kier molecular flexibility index (Phi) is 26.6. The molecule has 16 aliphatic rings. The predicted molar refractivity (Wildman–Crippen MR) is 528 cm³/mol. The lowest BCUT2D eigenvalue weighted by molar-refractivity contribution is -0.0647. The smallest absolute Gasteiger partial charge is 0.130 e. The van der Waals surface area contributed by atoms with Gasteiger partial charge in [0.2, 0.25) is 0 Å². The van der Waals surface area contributed by atoms with Crippen molar-refractivity contribution in [2.24, 2.45) is 86.3 Å². The van der Waals surface area contributed by atoms with Crippen LogP contribution in [0.2, 0.25) is 0 Å². The van der Waals surface area contributed by atoms with E-state index in [0.717, 1.165) is 195 Å². The van der Waals surface area contributed by atoms with Crippen LogP contribution in [0, 0.1) is 123 Å². The monoisotopic (exact) mass is 1800 g/mol. The van der Waals surface area contributed by atoms with E-state index in [2.05, 4.69) is 121 Å². The zero-order valence-electron chi connectivity index (χ0n) is 80.5. The number of ether oxygens (including phenoxy) is 2. The van der Waals surface area contributed by atoms with E-state index in [9.17, 15) is 56.2 Å². The van der Waals surface area contributed by atoms with Gasteiger partial charge in [0.05, 0.1) is 31.5 Å². The molecule has 13 nitrogen and oxygen atoms in total. The van der Waals surface area contributed by atoms with Crippen molar-refractivity contribution in [2.75, 3.05) is 7.11 Å². The van der Waals surface area contributed by atoms with Crippen LogP contribution in [0.25, 0.3) is 11.1 Å². The quantitative estimate of drug-likeness (QED) is 0.0526. The molecule has 0 bridgehead atoms. The van der Waals surface area contributed by atoms with E-state index in [1.54, 1.807) is 43.0 Å². The molecule has 13 heteroatoms. The number of aliphatic hydroxyl groups excluding tert-OH is 3. The SMILES string of the molecule is C#C[C@]1(O)CC[C@H]2[C@@H]3CCc4cc(O)ccc4[C@H]3CC[C@@]21C.C#C[C@]1(O)CC[C@H]2[C@@H]3CCc4cc(OC)ccc4[C@H]3CC[C@@]21C.C#C[C@]1(O)CC[C@H]2[C@@H]3CCc4cc(OC5CCCC5)ccc4[C@H]3CC[C@@]21C.CC/C(=C(/CC)c1ccc(O)cc1)c1ccc(O)cc1.C[C@]12CC[C@@H]3c4ccc(O)cc4CC[C@H]3[C@@H]1CC[C@@H]2O.C[C@]12CC[C@@H]3c4ccc(O)cc4CC[C@H]3[C@@H]1C[C@@H](O)[C@@H]2O. The first-order valence-electron chi connectivity index (χ1n) is 51.7. The standard InChI is InChI=1S/C25H32O2.C21H26O2.C20H24O2.C18H24O3.C18H24O2.C18H20O2/c1-3-25(26)15-13-23-22-10-8-17-16-19(27-18-6-4-5-7-18)9-11-20(17)21(22)12-14-24(23,25)2;1-4-21(22)12-10-19-18-7-5-14-13-15(23-3)6-8-16(14)17(18)9-11-20(19,21)2;1-3-20(22)11-9-18-17-6-4-13-12-14(21)5-7-15(13)16(17)8-10-19(18,20)2;1-18-7-6-13-12-5-3-11(19)8-10(12)2-4-14(13)15(18)9-16(20)17(18)21;1-18-9-8-14-13-5-3-12(19)10-11(13)2-4-15(14)16(18)6-7-17(18)20;1-3-17(13-5-9-15(19)10-6-13)18(4-2)14-7-11-16(20)12-8-14/h1,9,11,16,18,21-23,26H,4-8,10,12-15H2,2H3;1,6,8,13,17-19,22H,5,7,9-12H2,2-3H3;1,5,7,12,16-18,21-22H,4,6,8-11H2,2H3;3,5,8,13-17,19-21H,2,4,6-7,9H2,1H3;3,5,10,14-17,19-20H,2,4,6-9H2,1H3;5-12,19-20H,3-4H2,1-2H3/b;;;;;18-17+/t21-,22-,23+,24+,25+;17-,18-,19+,20+,21+;16-,17-,18+,19+,20+;13-,14-,15+,16-,17+,18+;14-,15-,16+,17+,18+;/m11111./s1. The third kappa shape index (κ3) is 16.7. The van der Waals surface area contributed by atoms with Crippen LogP contribution in [0.1, 0.15) is 337 Å². The highest BCUT2D eigenvalue weighted by Gasteiger charge is 2.65. The highest BCUT2D eigenvalue weighted by molar-refractivity contribution is 5.91. The van der Waals surface area contributed by atoms with Crippen LogP contribution in [-0.2, 0) is 32.1 Å². The fraction of sp³-hybridized carbons (Fsp3) is 0.583. The molecule has 26 atom stereocenters. The molecule has 0 aromatic heterocycles. The number of aliphatic hydroxyl groups is 6. The van der Waals surface area contributed by atoms with Gasteiger partial charge in [0, 0.05) is 16.2 Å². The summed E-state index contributed by atoms with van der Waals surface area (Å²) in [5.41, 5.74) is 16.1. The largest absolute Gasteiger partial charge is 0.508 e. The molecule has 7 aromatic rings. The highest BCUT2D eigenvalue weighted by atomic mass is 16.5. The first-order valence-corrected chi connectivity index (χ1v) is 51.7. The van der Waals surface area contributed by atoms with Gasteiger partial charge in [0.1, 0.15) is 57.0 Å². The summed E-state index contributed by atoms with van der Waals surface area (Å²) in [5.74, 6) is 21.0. The first kappa shape index (κ1) is 94.7. The summed E-state index contributed by atoms with van der Waals surface area (Å²) in [6, 6.07) is 45.8. The second kappa shape index (κ2) is 37.3. The molecule has 11 N–H and O–H groups in total. The minimum atomic E-state index is -0.919. The van der Waals surface area contributed by atoms with Crippen LogP contribution in [0.5, 0.6) is 40.2 Å². The predicted octanol–water partition coefficient (Wildman–Crippen LogP) is 23.8. The molecule has 0 spiro atoms. The normalized spacial score (nSPS) is 37.8. The molecule has 16 aliphatic carbocycles. The molecule has 708 valence electrons. The molecular weight excluding hydrogens is 1650 g/mol. The molecule has 0 unspecified atom stereocenters. The van der Waals surface area contributed by atoms with Gasteiger partial charge in [-0.2, -0.15) is 0 Å². The Morgan fingerprint density at radius 1 is 0.346 bits per heavy atom. The lowest BCUT2D eigenvalue weighted by atomic mass is 9.53. The van der Waals surface area contributed by atoms with Crippen molar-refractivity contribution < 1.29 is 65.6 Å². The van der Waals surface area contributed by atoms with Gasteiger partial charge in [0.15, 0.2) is 0 Å². The van der Waals surface area contributed by atoms with Gasteiger partial charge in [-0.15, -0.1) is 19.3 Å². The second-order valence-corrected chi connectivity index (χ2v) is 45.4. The molecule has 11 fully saturated rings. The first-order chi connectivity index (χ1) is 63.8. The van der Waals surface area contributed by atoms with Crippen molar-refractivity contribution in [3.63, 3.8) is 0 Å². The summed E-state index contributed by atoms with van der Waals surface area (Å²) in [6.45, 7) is 15.5. The molecular formula is C120H150O13. The summed E-state index contributed by atoms with van der Waals surface area (Å²) in [4.78, 5) is 0. The second-order valence-electron chi connectivity index (χ2n) is 45.4. The maximum Gasteiger partial charge on any atom is 0.130 e. The third-order valence-electron chi connectivity index (χ3n) is 40.0.